The van der Waals surface area contributed by atoms with Gasteiger partial charge >= 0.3 is 5.97 Å². The second-order valence-electron chi connectivity index (χ2n) is 4.80. The van der Waals surface area contributed by atoms with E-state index in [1.54, 1.807) is 0 Å². The number of benzene rings is 1. The number of ether oxygens (including phenoxy) is 1. The molecule has 5 nitrogen and oxygen atoms in total. The van der Waals surface area contributed by atoms with Crippen molar-refractivity contribution in [2.75, 3.05) is 5.32 Å². The topological polar surface area (TPSA) is 68.3 Å². The van der Waals surface area contributed by atoms with Crippen LogP contribution in [0.4, 0.5) is 14.5 Å². The molecule has 0 aliphatic carbocycles. The standard InChI is InChI=1S/C16H13ClF2N2O3S/c1-9(24-15(23)13-8-10(17)6-7-20-13)14(22)21-11-2-4-12(5-3-11)25-16(18)19/h2-9,16H,1H3,(H,21,22)/t9-/m1/s1. The van der Waals surface area contributed by atoms with E-state index < -0.39 is 23.7 Å². The van der Waals surface area contributed by atoms with Crippen LogP contribution in [0.3, 0.4) is 0 Å². The fourth-order valence-electron chi connectivity index (χ4n) is 1.75. The molecule has 0 aliphatic heterocycles. The van der Waals surface area contributed by atoms with Crippen molar-refractivity contribution >= 4 is 40.9 Å². The van der Waals surface area contributed by atoms with Gasteiger partial charge in [-0.2, -0.15) is 8.78 Å². The maximum absolute atomic E-state index is 12.3. The highest BCUT2D eigenvalue weighted by Gasteiger charge is 2.20. The van der Waals surface area contributed by atoms with Gasteiger partial charge in [0.15, 0.2) is 6.10 Å². The molecule has 1 atom stereocenters. The first kappa shape index (κ1) is 19.1. The van der Waals surface area contributed by atoms with Crippen molar-refractivity contribution in [2.45, 2.75) is 23.7 Å². The Morgan fingerprint density at radius 1 is 1.24 bits per heavy atom. The van der Waals surface area contributed by atoms with E-state index in [9.17, 15) is 18.4 Å². The third-order valence-corrected chi connectivity index (χ3v) is 3.89. The second-order valence-corrected chi connectivity index (χ2v) is 6.30. The Hall–Kier alpha value is -2.19. The Kier molecular flexibility index (Phi) is 6.72. The molecule has 1 aromatic carbocycles. The number of anilines is 1. The molecule has 1 heterocycles. The zero-order valence-electron chi connectivity index (χ0n) is 12.9. The molecule has 0 saturated heterocycles. The van der Waals surface area contributed by atoms with Gasteiger partial charge in [-0.1, -0.05) is 23.4 Å². The summed E-state index contributed by atoms with van der Waals surface area (Å²) in [6.07, 6.45) is 0.270. The van der Waals surface area contributed by atoms with Gasteiger partial charge in [0.25, 0.3) is 11.7 Å². The number of carbonyl (C=O) groups is 2. The van der Waals surface area contributed by atoms with Crippen LogP contribution in [-0.4, -0.2) is 28.7 Å². The lowest BCUT2D eigenvalue weighted by atomic mass is 10.3. The Bertz CT molecular complexity index is 759. The molecule has 0 saturated carbocycles. The van der Waals surface area contributed by atoms with Gasteiger partial charge in [-0.25, -0.2) is 9.78 Å². The van der Waals surface area contributed by atoms with Gasteiger partial charge in [0.1, 0.15) is 5.69 Å². The Balaban J connectivity index is 1.92. The summed E-state index contributed by atoms with van der Waals surface area (Å²) in [6.45, 7) is 1.40. The number of thioether (sulfide) groups is 1. The number of pyridine rings is 1. The fraction of sp³-hybridized carbons (Fsp3) is 0.188. The summed E-state index contributed by atoms with van der Waals surface area (Å²) >= 11 is 6.17. The minimum absolute atomic E-state index is 0.0134. The van der Waals surface area contributed by atoms with Crippen LogP contribution in [0.5, 0.6) is 0 Å². The van der Waals surface area contributed by atoms with Gasteiger partial charge in [0.2, 0.25) is 0 Å². The maximum atomic E-state index is 12.3. The van der Waals surface area contributed by atoms with Crippen molar-refractivity contribution < 1.29 is 23.1 Å². The summed E-state index contributed by atoms with van der Waals surface area (Å²) < 4.78 is 29.5. The van der Waals surface area contributed by atoms with E-state index in [1.807, 2.05) is 0 Å². The van der Waals surface area contributed by atoms with E-state index >= 15 is 0 Å². The number of esters is 1. The van der Waals surface area contributed by atoms with Crippen molar-refractivity contribution in [3.63, 3.8) is 0 Å². The van der Waals surface area contributed by atoms with Gasteiger partial charge < -0.3 is 10.1 Å². The van der Waals surface area contributed by atoms with Crippen molar-refractivity contribution in [1.82, 2.24) is 4.98 Å². The molecule has 25 heavy (non-hydrogen) atoms. The minimum Gasteiger partial charge on any atom is -0.448 e. The van der Waals surface area contributed by atoms with E-state index in [2.05, 4.69) is 10.3 Å². The summed E-state index contributed by atoms with van der Waals surface area (Å²) in [6, 6.07) is 8.71. The first-order chi connectivity index (χ1) is 11.8. The number of nitrogens with one attached hydrogen (secondary N) is 1. The molecule has 1 N–H and O–H groups in total. The highest BCUT2D eigenvalue weighted by atomic mass is 35.5. The quantitative estimate of drug-likeness (QED) is 0.594. The Morgan fingerprint density at radius 2 is 1.92 bits per heavy atom. The zero-order chi connectivity index (χ0) is 18.4. The number of hydrogen-bond acceptors (Lipinski definition) is 5. The fourth-order valence-corrected chi connectivity index (χ4v) is 2.41. The van der Waals surface area contributed by atoms with Crippen LogP contribution in [0.15, 0.2) is 47.5 Å². The molecule has 0 unspecified atom stereocenters. The molecular formula is C16H13ClF2N2O3S. The number of halogens is 3. The number of rotatable bonds is 6. The van der Waals surface area contributed by atoms with Gasteiger partial charge in [-0.05, 0) is 43.3 Å². The first-order valence-corrected chi connectivity index (χ1v) is 8.29. The van der Waals surface area contributed by atoms with Crippen LogP contribution < -0.4 is 5.32 Å². The van der Waals surface area contributed by atoms with Gasteiger partial charge in [0.05, 0.1) is 0 Å². The van der Waals surface area contributed by atoms with Gasteiger partial charge in [-0.3, -0.25) is 4.79 Å². The van der Waals surface area contributed by atoms with Crippen LogP contribution in [0.2, 0.25) is 5.02 Å². The molecular weight excluding hydrogens is 374 g/mol. The van der Waals surface area contributed by atoms with E-state index in [1.165, 1.54) is 49.5 Å². The average Bonchev–Trinajstić information content (AvgIpc) is 2.56. The molecule has 0 fully saturated rings. The van der Waals surface area contributed by atoms with Crippen LogP contribution in [-0.2, 0) is 9.53 Å². The lowest BCUT2D eigenvalue weighted by Crippen LogP contribution is -2.30. The normalized spacial score (nSPS) is 11.9. The molecule has 132 valence electrons. The lowest BCUT2D eigenvalue weighted by molar-refractivity contribution is -0.123. The summed E-state index contributed by atoms with van der Waals surface area (Å²) in [7, 11) is 0. The lowest BCUT2D eigenvalue weighted by Gasteiger charge is -2.13. The third-order valence-electron chi connectivity index (χ3n) is 2.93. The molecule has 9 heteroatoms. The number of hydrogen-bond donors (Lipinski definition) is 1. The molecule has 0 aliphatic rings. The number of nitrogens with zero attached hydrogens (tertiary/aromatic N) is 1. The molecule has 1 aromatic heterocycles. The summed E-state index contributed by atoms with van der Waals surface area (Å²) in [4.78, 5) is 28.2. The molecule has 1 amide bonds. The average molecular weight is 387 g/mol. The molecule has 0 bridgehead atoms. The largest absolute Gasteiger partial charge is 0.448 e. The van der Waals surface area contributed by atoms with Gasteiger partial charge in [-0.15, -0.1) is 0 Å². The molecule has 0 spiro atoms. The second kappa shape index (κ2) is 8.77. The molecule has 2 aromatic rings. The molecule has 2 rings (SSSR count). The Morgan fingerprint density at radius 3 is 2.52 bits per heavy atom. The van der Waals surface area contributed by atoms with Crippen molar-refractivity contribution in [3.8, 4) is 0 Å². The van der Waals surface area contributed by atoms with E-state index in [0.29, 0.717) is 27.4 Å². The van der Waals surface area contributed by atoms with Crippen LogP contribution in [0.25, 0.3) is 0 Å². The first-order valence-electron chi connectivity index (χ1n) is 7.03. The minimum atomic E-state index is -2.51. The zero-order valence-corrected chi connectivity index (χ0v) is 14.5. The third kappa shape index (κ3) is 5.99. The number of alkyl halides is 2. The van der Waals surface area contributed by atoms with Crippen molar-refractivity contribution in [3.05, 3.63) is 53.3 Å². The number of amides is 1. The SMILES string of the molecule is C[C@@H](OC(=O)c1cc(Cl)ccn1)C(=O)Nc1ccc(SC(F)F)cc1. The van der Waals surface area contributed by atoms with Crippen LogP contribution >= 0.6 is 23.4 Å². The van der Waals surface area contributed by atoms with E-state index in [0.717, 1.165) is 0 Å². The smallest absolute Gasteiger partial charge is 0.357 e. The van der Waals surface area contributed by atoms with Gasteiger partial charge in [0, 0.05) is 21.8 Å². The van der Waals surface area contributed by atoms with Crippen molar-refractivity contribution in [1.29, 1.82) is 0 Å². The molecule has 0 radical (unpaired) electrons. The monoisotopic (exact) mass is 386 g/mol. The summed E-state index contributed by atoms with van der Waals surface area (Å²) in [5, 5.41) is 2.85. The number of carbonyl (C=O) groups excluding carboxylic acids is 2. The highest BCUT2D eigenvalue weighted by Crippen LogP contribution is 2.26. The van der Waals surface area contributed by atoms with E-state index in [4.69, 9.17) is 16.3 Å². The van der Waals surface area contributed by atoms with Crippen LogP contribution in [0, 0.1) is 0 Å². The number of aromatic nitrogens is 1. The highest BCUT2D eigenvalue weighted by molar-refractivity contribution is 7.99. The summed E-state index contributed by atoms with van der Waals surface area (Å²) in [5.41, 5.74) is 0.382. The van der Waals surface area contributed by atoms with E-state index in [-0.39, 0.29) is 5.69 Å². The summed E-state index contributed by atoms with van der Waals surface area (Å²) in [5.74, 6) is -3.86. The van der Waals surface area contributed by atoms with Crippen LogP contribution in [0.1, 0.15) is 17.4 Å². The predicted octanol–water partition coefficient (Wildman–Crippen LogP) is 4.23. The Labute approximate surface area is 151 Å². The maximum Gasteiger partial charge on any atom is 0.357 e. The van der Waals surface area contributed by atoms with Crippen molar-refractivity contribution in [2.24, 2.45) is 0 Å². The predicted molar refractivity (Wildman–Crippen MR) is 91.1 cm³/mol.